The summed E-state index contributed by atoms with van der Waals surface area (Å²) in [4.78, 5) is 24.6. The van der Waals surface area contributed by atoms with Gasteiger partial charge in [-0.15, -0.1) is 10.2 Å². The summed E-state index contributed by atoms with van der Waals surface area (Å²) in [5.74, 6) is -0.691. The number of hydrogen-bond acceptors (Lipinski definition) is 6. The summed E-state index contributed by atoms with van der Waals surface area (Å²) in [5, 5.41) is 12.1. The fraction of sp³-hybridized carbons (Fsp3) is 0.474. The molecule has 0 fully saturated rings. The Bertz CT molecular complexity index is 852. The zero-order valence-electron chi connectivity index (χ0n) is 16.5. The van der Waals surface area contributed by atoms with E-state index in [1.807, 2.05) is 25.3 Å². The monoisotopic (exact) mass is 390 g/mol. The van der Waals surface area contributed by atoms with Gasteiger partial charge in [-0.2, -0.15) is 0 Å². The highest BCUT2D eigenvalue weighted by atomic mass is 32.1. The van der Waals surface area contributed by atoms with Gasteiger partial charge in [0.1, 0.15) is 5.01 Å². The predicted molar refractivity (Wildman–Crippen MR) is 107 cm³/mol. The number of nitrogens with one attached hydrogen (secondary N) is 1. The number of esters is 1. The van der Waals surface area contributed by atoms with Gasteiger partial charge in [0.15, 0.2) is 0 Å². The Morgan fingerprint density at radius 3 is 2.56 bits per heavy atom. The number of aromatic nitrogens is 3. The van der Waals surface area contributed by atoms with Crippen LogP contribution in [0, 0.1) is 13.8 Å². The molecular weight excluding hydrogens is 364 g/mol. The van der Waals surface area contributed by atoms with E-state index in [9.17, 15) is 9.59 Å². The highest BCUT2D eigenvalue weighted by Crippen LogP contribution is 2.25. The van der Waals surface area contributed by atoms with E-state index in [4.69, 9.17) is 4.74 Å². The van der Waals surface area contributed by atoms with Crippen LogP contribution in [0.1, 0.15) is 59.5 Å². The molecule has 0 aliphatic rings. The van der Waals surface area contributed by atoms with E-state index in [1.165, 1.54) is 17.4 Å². The summed E-state index contributed by atoms with van der Waals surface area (Å²) >= 11 is 1.37. The van der Waals surface area contributed by atoms with Crippen LogP contribution in [0.4, 0.5) is 5.13 Å². The summed E-state index contributed by atoms with van der Waals surface area (Å²) in [5.41, 5.74) is 2.96. The van der Waals surface area contributed by atoms with Crippen LogP contribution in [0.5, 0.6) is 0 Å². The zero-order chi connectivity index (χ0) is 20.0. The van der Waals surface area contributed by atoms with Gasteiger partial charge in [0, 0.05) is 36.0 Å². The van der Waals surface area contributed by atoms with E-state index in [2.05, 4.69) is 22.4 Å². The highest BCUT2D eigenvalue weighted by molar-refractivity contribution is 7.15. The Morgan fingerprint density at radius 1 is 1.19 bits per heavy atom. The molecule has 1 N–H and O–H groups in total. The minimum atomic E-state index is -0.376. The molecule has 0 atom stereocenters. The largest absolute Gasteiger partial charge is 0.462 e. The number of aryl methyl sites for hydroxylation is 1. The zero-order valence-corrected chi connectivity index (χ0v) is 17.3. The fourth-order valence-corrected chi connectivity index (χ4v) is 3.82. The van der Waals surface area contributed by atoms with Crippen molar-refractivity contribution in [1.29, 1.82) is 0 Å². The molecule has 8 heteroatoms. The van der Waals surface area contributed by atoms with E-state index in [1.54, 1.807) is 13.0 Å². The quantitative estimate of drug-likeness (QED) is 0.548. The lowest BCUT2D eigenvalue weighted by atomic mass is 10.1. The van der Waals surface area contributed by atoms with Gasteiger partial charge in [0.25, 0.3) is 0 Å². The summed E-state index contributed by atoms with van der Waals surface area (Å²) in [6.07, 6.45) is 4.89. The fourth-order valence-electron chi connectivity index (χ4n) is 2.97. The molecule has 0 saturated heterocycles. The van der Waals surface area contributed by atoms with E-state index >= 15 is 0 Å². The number of ether oxygens (including phenoxy) is 1. The van der Waals surface area contributed by atoms with Crippen molar-refractivity contribution in [2.24, 2.45) is 0 Å². The minimum absolute atomic E-state index is 0.301. The summed E-state index contributed by atoms with van der Waals surface area (Å²) < 4.78 is 7.22. The van der Waals surface area contributed by atoms with Crippen LogP contribution >= 0.6 is 11.3 Å². The van der Waals surface area contributed by atoms with Crippen molar-refractivity contribution in [2.45, 2.75) is 54.0 Å². The first-order chi connectivity index (χ1) is 12.9. The SMILES string of the molecule is CCCc1nnc(NC(=O)/C=C/c2c(C(=O)OCC)c(C)n(CC)c2C)s1. The second kappa shape index (κ2) is 9.45. The van der Waals surface area contributed by atoms with Gasteiger partial charge in [-0.1, -0.05) is 18.3 Å². The topological polar surface area (TPSA) is 86.1 Å². The third kappa shape index (κ3) is 4.82. The molecule has 0 aliphatic carbocycles. The number of hydrogen-bond donors (Lipinski definition) is 1. The van der Waals surface area contributed by atoms with Crippen molar-refractivity contribution in [3.8, 4) is 0 Å². The van der Waals surface area contributed by atoms with Crippen LogP contribution in [-0.2, 0) is 22.5 Å². The number of nitrogens with zero attached hydrogens (tertiary/aromatic N) is 3. The molecule has 0 saturated carbocycles. The van der Waals surface area contributed by atoms with Gasteiger partial charge < -0.3 is 9.30 Å². The molecular formula is C19H26N4O3S. The lowest BCUT2D eigenvalue weighted by Crippen LogP contribution is -2.09. The Morgan fingerprint density at radius 2 is 1.93 bits per heavy atom. The van der Waals surface area contributed by atoms with Gasteiger partial charge in [-0.25, -0.2) is 4.79 Å². The smallest absolute Gasteiger partial charge is 0.340 e. The van der Waals surface area contributed by atoms with Gasteiger partial charge in [-0.05, 0) is 40.2 Å². The molecule has 146 valence electrons. The van der Waals surface area contributed by atoms with E-state index in [0.29, 0.717) is 22.9 Å². The molecule has 0 unspecified atom stereocenters. The van der Waals surface area contributed by atoms with Gasteiger partial charge >= 0.3 is 5.97 Å². The summed E-state index contributed by atoms with van der Waals surface area (Å²) in [6, 6.07) is 0. The van der Waals surface area contributed by atoms with Crippen molar-refractivity contribution in [1.82, 2.24) is 14.8 Å². The molecule has 0 spiro atoms. The van der Waals surface area contributed by atoms with E-state index < -0.39 is 0 Å². The third-order valence-electron chi connectivity index (χ3n) is 4.19. The van der Waals surface area contributed by atoms with E-state index in [-0.39, 0.29) is 11.9 Å². The average molecular weight is 391 g/mol. The molecule has 2 rings (SSSR count). The summed E-state index contributed by atoms with van der Waals surface area (Å²) in [7, 11) is 0. The third-order valence-corrected chi connectivity index (χ3v) is 5.09. The Kier molecular flexibility index (Phi) is 7.29. The van der Waals surface area contributed by atoms with Gasteiger partial charge in [-0.3, -0.25) is 10.1 Å². The number of amides is 1. The first-order valence-corrected chi connectivity index (χ1v) is 9.92. The van der Waals surface area contributed by atoms with Crippen LogP contribution in [0.2, 0.25) is 0 Å². The number of carbonyl (C=O) groups excluding carboxylic acids is 2. The Labute approximate surface area is 163 Å². The van der Waals surface area contributed by atoms with Crippen molar-refractivity contribution < 1.29 is 14.3 Å². The molecule has 1 amide bonds. The molecule has 0 radical (unpaired) electrons. The maximum Gasteiger partial charge on any atom is 0.340 e. The highest BCUT2D eigenvalue weighted by Gasteiger charge is 2.22. The minimum Gasteiger partial charge on any atom is -0.462 e. The van der Waals surface area contributed by atoms with Crippen molar-refractivity contribution in [2.75, 3.05) is 11.9 Å². The number of carbonyl (C=O) groups is 2. The molecule has 0 bridgehead atoms. The van der Waals surface area contributed by atoms with Gasteiger partial charge in [0.05, 0.1) is 12.2 Å². The first-order valence-electron chi connectivity index (χ1n) is 9.11. The molecule has 27 heavy (non-hydrogen) atoms. The molecule has 2 aromatic heterocycles. The van der Waals surface area contributed by atoms with Crippen LogP contribution in [0.15, 0.2) is 6.08 Å². The second-order valence-electron chi connectivity index (χ2n) is 6.00. The Balaban J connectivity index is 2.23. The second-order valence-corrected chi connectivity index (χ2v) is 7.06. The molecule has 7 nitrogen and oxygen atoms in total. The van der Waals surface area contributed by atoms with Crippen LogP contribution in [0.25, 0.3) is 6.08 Å². The van der Waals surface area contributed by atoms with Crippen LogP contribution < -0.4 is 5.32 Å². The van der Waals surface area contributed by atoms with Crippen molar-refractivity contribution in [3.05, 3.63) is 33.6 Å². The summed E-state index contributed by atoms with van der Waals surface area (Å²) in [6.45, 7) is 10.7. The normalized spacial score (nSPS) is 11.1. The van der Waals surface area contributed by atoms with Crippen LogP contribution in [0.3, 0.4) is 0 Å². The first kappa shape index (κ1) is 20.8. The average Bonchev–Trinajstić information content (AvgIpc) is 3.15. The maximum absolute atomic E-state index is 12.4. The van der Waals surface area contributed by atoms with Crippen molar-refractivity contribution in [3.63, 3.8) is 0 Å². The van der Waals surface area contributed by atoms with Crippen LogP contribution in [-0.4, -0.2) is 33.2 Å². The standard InChI is InChI=1S/C19H26N4O3S/c1-6-9-16-21-22-19(27-16)20-15(24)11-10-14-12(4)23(7-2)13(5)17(14)18(25)26-8-3/h10-11H,6-9H2,1-5H3,(H,20,22,24)/b11-10+. The van der Waals surface area contributed by atoms with E-state index in [0.717, 1.165) is 35.8 Å². The van der Waals surface area contributed by atoms with Crippen molar-refractivity contribution >= 4 is 34.4 Å². The molecule has 0 aromatic carbocycles. The lowest BCUT2D eigenvalue weighted by molar-refractivity contribution is -0.111. The molecule has 0 aliphatic heterocycles. The number of anilines is 1. The predicted octanol–water partition coefficient (Wildman–Crippen LogP) is 3.76. The maximum atomic E-state index is 12.4. The van der Waals surface area contributed by atoms with Gasteiger partial charge in [0.2, 0.25) is 11.0 Å². The molecule has 2 heterocycles. The number of rotatable bonds is 8. The molecule has 2 aromatic rings. The Hall–Kier alpha value is -2.48. The lowest BCUT2D eigenvalue weighted by Gasteiger charge is -2.05.